The van der Waals surface area contributed by atoms with Crippen LogP contribution in [-0.4, -0.2) is 46.0 Å². The fourth-order valence-electron chi connectivity index (χ4n) is 3.94. The van der Waals surface area contributed by atoms with Crippen molar-refractivity contribution in [2.24, 2.45) is 0 Å². The number of rotatable bonds is 4. The number of aromatic nitrogens is 3. The van der Waals surface area contributed by atoms with Gasteiger partial charge in [0, 0.05) is 48.7 Å². The maximum absolute atomic E-state index is 5.00. The number of piperazine rings is 1. The van der Waals surface area contributed by atoms with Gasteiger partial charge < -0.3 is 4.90 Å². The molecule has 1 aliphatic rings. The molecular formula is C23H23N5S. The molecule has 4 aromatic rings. The zero-order valence-electron chi connectivity index (χ0n) is 16.4. The van der Waals surface area contributed by atoms with Crippen LogP contribution in [-0.2, 0) is 0 Å². The van der Waals surface area contributed by atoms with E-state index in [-0.39, 0.29) is 0 Å². The van der Waals surface area contributed by atoms with Gasteiger partial charge in [0.2, 0.25) is 0 Å². The number of anilines is 1. The molecule has 1 atom stereocenters. The number of para-hydroxylation sites is 1. The highest BCUT2D eigenvalue weighted by atomic mass is 32.1. The molecule has 2 aromatic heterocycles. The van der Waals surface area contributed by atoms with Gasteiger partial charge in [0.1, 0.15) is 10.8 Å². The van der Waals surface area contributed by atoms with Crippen LogP contribution in [0.2, 0.25) is 0 Å². The van der Waals surface area contributed by atoms with Crippen molar-refractivity contribution >= 4 is 28.1 Å². The third-order valence-electron chi connectivity index (χ3n) is 5.59. The average Bonchev–Trinajstić information content (AvgIpc) is 3.34. The quantitative estimate of drug-likeness (QED) is 0.499. The van der Waals surface area contributed by atoms with Crippen molar-refractivity contribution < 1.29 is 0 Å². The molecule has 0 N–H and O–H groups in total. The van der Waals surface area contributed by atoms with Gasteiger partial charge in [-0.25, -0.2) is 15.0 Å². The van der Waals surface area contributed by atoms with E-state index in [1.807, 2.05) is 30.5 Å². The minimum absolute atomic E-state index is 0.360. The Labute approximate surface area is 174 Å². The molecular weight excluding hydrogens is 378 g/mol. The smallest absolute Gasteiger partial charge is 0.162 e. The average molecular weight is 402 g/mol. The number of hydrogen-bond acceptors (Lipinski definition) is 6. The summed E-state index contributed by atoms with van der Waals surface area (Å²) >= 11 is 1.74. The van der Waals surface area contributed by atoms with Crippen molar-refractivity contribution in [2.75, 3.05) is 31.1 Å². The molecule has 146 valence electrons. The van der Waals surface area contributed by atoms with Gasteiger partial charge in [0.25, 0.3) is 0 Å². The van der Waals surface area contributed by atoms with Gasteiger partial charge in [-0.2, -0.15) is 0 Å². The van der Waals surface area contributed by atoms with Gasteiger partial charge in [0.15, 0.2) is 5.82 Å². The second kappa shape index (κ2) is 7.89. The molecule has 5 rings (SSSR count). The summed E-state index contributed by atoms with van der Waals surface area (Å²) in [7, 11) is 0. The van der Waals surface area contributed by atoms with Gasteiger partial charge in [-0.3, -0.25) is 4.90 Å². The Bertz CT molecular complexity index is 1090. The lowest BCUT2D eigenvalue weighted by atomic mass is 10.1. The van der Waals surface area contributed by atoms with Crippen molar-refractivity contribution in [1.82, 2.24) is 19.9 Å². The fourth-order valence-corrected chi connectivity index (χ4v) is 4.66. The standard InChI is InChI=1S/C23H23N5S/c1-17(23-24-11-16-29-23)27-12-14-28(15-13-27)22-19-9-5-6-10-20(19)25-21(26-22)18-7-3-2-4-8-18/h2-11,16-17H,12-15H2,1H3. The lowest BCUT2D eigenvalue weighted by molar-refractivity contribution is 0.198. The Morgan fingerprint density at radius 2 is 1.66 bits per heavy atom. The molecule has 3 heterocycles. The number of hydrogen-bond donors (Lipinski definition) is 0. The largest absolute Gasteiger partial charge is 0.353 e. The van der Waals surface area contributed by atoms with E-state index in [9.17, 15) is 0 Å². The predicted octanol–water partition coefficient (Wildman–Crippen LogP) is 4.64. The van der Waals surface area contributed by atoms with Crippen LogP contribution in [0, 0.1) is 0 Å². The van der Waals surface area contributed by atoms with Crippen molar-refractivity contribution in [3.63, 3.8) is 0 Å². The maximum Gasteiger partial charge on any atom is 0.162 e. The van der Waals surface area contributed by atoms with Gasteiger partial charge in [-0.05, 0) is 19.1 Å². The van der Waals surface area contributed by atoms with Crippen molar-refractivity contribution in [1.29, 1.82) is 0 Å². The second-order valence-electron chi connectivity index (χ2n) is 7.32. The molecule has 1 saturated heterocycles. The van der Waals surface area contributed by atoms with Crippen LogP contribution in [0.15, 0.2) is 66.2 Å². The van der Waals surface area contributed by atoms with Gasteiger partial charge in [0.05, 0.1) is 11.6 Å². The van der Waals surface area contributed by atoms with Crippen molar-refractivity contribution in [2.45, 2.75) is 13.0 Å². The van der Waals surface area contributed by atoms with E-state index < -0.39 is 0 Å². The fraction of sp³-hybridized carbons (Fsp3) is 0.261. The summed E-state index contributed by atoms with van der Waals surface area (Å²) in [5.74, 6) is 1.83. The van der Waals surface area contributed by atoms with Crippen LogP contribution in [0.25, 0.3) is 22.3 Å². The van der Waals surface area contributed by atoms with E-state index in [0.29, 0.717) is 6.04 Å². The summed E-state index contributed by atoms with van der Waals surface area (Å²) < 4.78 is 0. The second-order valence-corrected chi connectivity index (χ2v) is 8.25. The van der Waals surface area contributed by atoms with Gasteiger partial charge >= 0.3 is 0 Å². The zero-order chi connectivity index (χ0) is 19.6. The summed E-state index contributed by atoms with van der Waals surface area (Å²) in [6.45, 7) is 6.15. The summed E-state index contributed by atoms with van der Waals surface area (Å²) in [6, 6.07) is 18.9. The molecule has 1 unspecified atom stereocenters. The number of thiazole rings is 1. The molecule has 0 amide bonds. The van der Waals surface area contributed by atoms with Crippen molar-refractivity contribution in [3.8, 4) is 11.4 Å². The molecule has 0 spiro atoms. The number of fused-ring (bicyclic) bond motifs is 1. The Morgan fingerprint density at radius 3 is 2.41 bits per heavy atom. The summed E-state index contributed by atoms with van der Waals surface area (Å²) in [6.07, 6.45) is 1.89. The van der Waals surface area contributed by atoms with E-state index >= 15 is 0 Å². The summed E-state index contributed by atoms with van der Waals surface area (Å²) in [5, 5.41) is 4.37. The van der Waals surface area contributed by atoms with Crippen LogP contribution in [0.4, 0.5) is 5.82 Å². The highest BCUT2D eigenvalue weighted by molar-refractivity contribution is 7.09. The van der Waals surface area contributed by atoms with Crippen molar-refractivity contribution in [3.05, 3.63) is 71.2 Å². The molecule has 29 heavy (non-hydrogen) atoms. The first-order valence-corrected chi connectivity index (χ1v) is 10.9. The summed E-state index contributed by atoms with van der Waals surface area (Å²) in [4.78, 5) is 19.2. The summed E-state index contributed by atoms with van der Waals surface area (Å²) in [5.41, 5.74) is 2.05. The van der Waals surface area contributed by atoms with Crippen LogP contribution in [0.1, 0.15) is 18.0 Å². The lowest BCUT2D eigenvalue weighted by Gasteiger charge is -2.38. The first-order valence-electron chi connectivity index (χ1n) is 10.0. The Hall–Kier alpha value is -2.83. The molecule has 6 heteroatoms. The minimum atomic E-state index is 0.360. The van der Waals surface area contributed by atoms with Crippen LogP contribution in [0.3, 0.4) is 0 Å². The zero-order valence-corrected chi connectivity index (χ0v) is 17.2. The van der Waals surface area contributed by atoms with E-state index in [0.717, 1.165) is 54.3 Å². The Kier molecular flexibility index (Phi) is 4.96. The Balaban J connectivity index is 1.44. The van der Waals surface area contributed by atoms with E-state index in [4.69, 9.17) is 9.97 Å². The van der Waals surface area contributed by atoms with E-state index in [2.05, 4.69) is 57.4 Å². The van der Waals surface area contributed by atoms with Gasteiger partial charge in [-0.15, -0.1) is 11.3 Å². The molecule has 0 aliphatic carbocycles. The third-order valence-corrected chi connectivity index (χ3v) is 6.53. The molecule has 0 bridgehead atoms. The van der Waals surface area contributed by atoms with Crippen LogP contribution >= 0.6 is 11.3 Å². The van der Waals surface area contributed by atoms with E-state index in [1.54, 1.807) is 11.3 Å². The first kappa shape index (κ1) is 18.2. The van der Waals surface area contributed by atoms with Crippen LogP contribution < -0.4 is 4.90 Å². The molecule has 5 nitrogen and oxygen atoms in total. The number of benzene rings is 2. The highest BCUT2D eigenvalue weighted by Gasteiger charge is 2.25. The molecule has 1 fully saturated rings. The monoisotopic (exact) mass is 401 g/mol. The lowest BCUT2D eigenvalue weighted by Crippen LogP contribution is -2.47. The molecule has 2 aromatic carbocycles. The topological polar surface area (TPSA) is 45.2 Å². The maximum atomic E-state index is 5.00. The van der Waals surface area contributed by atoms with Crippen LogP contribution in [0.5, 0.6) is 0 Å². The Morgan fingerprint density at radius 1 is 0.897 bits per heavy atom. The predicted molar refractivity (Wildman–Crippen MR) is 119 cm³/mol. The molecule has 0 radical (unpaired) electrons. The number of nitrogens with zero attached hydrogens (tertiary/aromatic N) is 5. The normalized spacial score (nSPS) is 16.2. The SMILES string of the molecule is CC(c1nccs1)N1CCN(c2nc(-c3ccccc3)nc3ccccc23)CC1. The highest BCUT2D eigenvalue weighted by Crippen LogP contribution is 2.30. The van der Waals surface area contributed by atoms with E-state index in [1.165, 1.54) is 5.01 Å². The molecule has 0 saturated carbocycles. The van der Waals surface area contributed by atoms with Gasteiger partial charge in [-0.1, -0.05) is 42.5 Å². The minimum Gasteiger partial charge on any atom is -0.353 e. The first-order chi connectivity index (χ1) is 14.3. The molecule has 1 aliphatic heterocycles. The third kappa shape index (κ3) is 3.61.